The van der Waals surface area contributed by atoms with Crippen LogP contribution in [-0.2, 0) is 22.4 Å². The summed E-state index contributed by atoms with van der Waals surface area (Å²) in [5, 5.41) is 0. The molecule has 0 radical (unpaired) electrons. The molecule has 1 aromatic rings. The standard InChI is InChI=1S/C28H42N4O2/c1-3-5-15-28(16-6-4-2)20-25(33)32(27(29)30-28)24-13-17-31(18-14-24)26(34)23-12-11-21-9-7-8-10-22(21)19-23/h7-10,23-24H,3-6,11-20H2,1-2H3,(H2,29,30). The van der Waals surface area contributed by atoms with Gasteiger partial charge in [0, 0.05) is 25.0 Å². The van der Waals surface area contributed by atoms with Crippen molar-refractivity contribution in [3.63, 3.8) is 0 Å². The molecule has 2 amide bonds. The van der Waals surface area contributed by atoms with Crippen molar-refractivity contribution in [2.24, 2.45) is 16.6 Å². The Morgan fingerprint density at radius 3 is 2.32 bits per heavy atom. The van der Waals surface area contributed by atoms with Gasteiger partial charge in [0.1, 0.15) is 0 Å². The molecular formula is C28H42N4O2. The molecule has 1 aliphatic carbocycles. The molecular weight excluding hydrogens is 424 g/mol. The van der Waals surface area contributed by atoms with Crippen LogP contribution in [0.15, 0.2) is 29.3 Å². The minimum absolute atomic E-state index is 0.0442. The minimum atomic E-state index is -0.322. The highest BCUT2D eigenvalue weighted by Crippen LogP contribution is 2.35. The highest BCUT2D eigenvalue weighted by atomic mass is 16.2. The summed E-state index contributed by atoms with van der Waals surface area (Å²) in [6, 6.07) is 8.54. The van der Waals surface area contributed by atoms with E-state index >= 15 is 0 Å². The zero-order chi connectivity index (χ0) is 24.1. The molecule has 0 saturated carbocycles. The third kappa shape index (κ3) is 5.31. The second kappa shape index (κ2) is 10.9. The van der Waals surface area contributed by atoms with Crippen molar-refractivity contribution in [1.82, 2.24) is 9.80 Å². The van der Waals surface area contributed by atoms with Crippen LogP contribution < -0.4 is 5.73 Å². The number of aryl methyl sites for hydroxylation is 1. The molecule has 34 heavy (non-hydrogen) atoms. The number of amides is 2. The Kier molecular flexibility index (Phi) is 7.95. The smallest absolute Gasteiger partial charge is 0.231 e. The first kappa shape index (κ1) is 24.7. The lowest BCUT2D eigenvalue weighted by Crippen LogP contribution is -2.58. The van der Waals surface area contributed by atoms with Crippen molar-refractivity contribution in [1.29, 1.82) is 0 Å². The fourth-order valence-electron chi connectivity index (χ4n) is 6.16. The van der Waals surface area contributed by atoms with Gasteiger partial charge in [-0.2, -0.15) is 0 Å². The first-order valence-corrected chi connectivity index (χ1v) is 13.5. The maximum Gasteiger partial charge on any atom is 0.231 e. The van der Waals surface area contributed by atoms with Gasteiger partial charge in [0.25, 0.3) is 0 Å². The molecule has 2 heterocycles. The first-order valence-electron chi connectivity index (χ1n) is 13.5. The second-order valence-corrected chi connectivity index (χ2v) is 10.6. The monoisotopic (exact) mass is 466 g/mol. The van der Waals surface area contributed by atoms with Gasteiger partial charge in [-0.25, -0.2) is 4.99 Å². The molecule has 1 unspecified atom stereocenters. The minimum Gasteiger partial charge on any atom is -0.369 e. The topological polar surface area (TPSA) is 79.0 Å². The third-order valence-corrected chi connectivity index (χ3v) is 8.18. The normalized spacial score (nSPS) is 22.9. The Balaban J connectivity index is 1.37. The highest BCUT2D eigenvalue weighted by Gasteiger charge is 2.42. The number of nitrogens with zero attached hydrogens (tertiary/aromatic N) is 3. The average Bonchev–Trinajstić information content (AvgIpc) is 2.85. The van der Waals surface area contributed by atoms with Crippen molar-refractivity contribution >= 4 is 17.8 Å². The van der Waals surface area contributed by atoms with E-state index in [0.717, 1.165) is 70.6 Å². The van der Waals surface area contributed by atoms with Crippen LogP contribution in [0.25, 0.3) is 0 Å². The number of benzene rings is 1. The Labute approximate surface area is 205 Å². The first-order chi connectivity index (χ1) is 16.5. The van der Waals surface area contributed by atoms with Crippen molar-refractivity contribution in [2.75, 3.05) is 13.1 Å². The number of guanidine groups is 1. The van der Waals surface area contributed by atoms with Gasteiger partial charge in [-0.3, -0.25) is 14.5 Å². The molecule has 186 valence electrons. The van der Waals surface area contributed by atoms with Crippen LogP contribution in [0.3, 0.4) is 0 Å². The van der Waals surface area contributed by atoms with E-state index in [1.807, 2.05) is 4.90 Å². The number of unbranched alkanes of at least 4 members (excludes halogenated alkanes) is 2. The summed E-state index contributed by atoms with van der Waals surface area (Å²) in [6.07, 6.45) is 11.0. The largest absolute Gasteiger partial charge is 0.369 e. The molecule has 0 spiro atoms. The summed E-state index contributed by atoms with van der Waals surface area (Å²) >= 11 is 0. The number of hydrogen-bond acceptors (Lipinski definition) is 4. The van der Waals surface area contributed by atoms with E-state index < -0.39 is 0 Å². The number of fused-ring (bicyclic) bond motifs is 1. The molecule has 1 atom stereocenters. The number of aliphatic imine (C=N–C) groups is 1. The van der Waals surface area contributed by atoms with Crippen molar-refractivity contribution in [3.05, 3.63) is 35.4 Å². The summed E-state index contributed by atoms with van der Waals surface area (Å²) < 4.78 is 0. The summed E-state index contributed by atoms with van der Waals surface area (Å²) in [5.41, 5.74) is 8.83. The van der Waals surface area contributed by atoms with Crippen molar-refractivity contribution in [2.45, 2.75) is 102 Å². The van der Waals surface area contributed by atoms with Crippen LogP contribution in [0.4, 0.5) is 0 Å². The average molecular weight is 467 g/mol. The number of rotatable bonds is 8. The molecule has 6 heteroatoms. The molecule has 1 aromatic carbocycles. The number of likely N-dealkylation sites (tertiary alicyclic amines) is 1. The van der Waals surface area contributed by atoms with Crippen LogP contribution in [-0.4, -0.2) is 52.2 Å². The third-order valence-electron chi connectivity index (χ3n) is 8.18. The second-order valence-electron chi connectivity index (χ2n) is 10.6. The summed E-state index contributed by atoms with van der Waals surface area (Å²) in [5.74, 6) is 0.871. The fraction of sp³-hybridized carbons (Fsp3) is 0.679. The van der Waals surface area contributed by atoms with E-state index in [1.54, 1.807) is 4.90 Å². The Hall–Kier alpha value is -2.37. The maximum atomic E-state index is 13.3. The van der Waals surface area contributed by atoms with Crippen molar-refractivity contribution in [3.8, 4) is 0 Å². The molecule has 6 nitrogen and oxygen atoms in total. The van der Waals surface area contributed by atoms with Gasteiger partial charge >= 0.3 is 0 Å². The van der Waals surface area contributed by atoms with Gasteiger partial charge in [-0.05, 0) is 56.1 Å². The number of carbonyl (C=O) groups excluding carboxylic acids is 2. The summed E-state index contributed by atoms with van der Waals surface area (Å²) in [7, 11) is 0. The zero-order valence-corrected chi connectivity index (χ0v) is 21.1. The van der Waals surface area contributed by atoms with Gasteiger partial charge in [-0.15, -0.1) is 0 Å². The van der Waals surface area contributed by atoms with Gasteiger partial charge in [0.15, 0.2) is 5.96 Å². The quantitative estimate of drug-likeness (QED) is 0.615. The molecule has 1 saturated heterocycles. The molecule has 2 N–H and O–H groups in total. The van der Waals surface area contributed by atoms with Gasteiger partial charge in [0.05, 0.1) is 12.0 Å². The lowest BCUT2D eigenvalue weighted by atomic mass is 9.82. The van der Waals surface area contributed by atoms with E-state index in [1.165, 1.54) is 11.1 Å². The van der Waals surface area contributed by atoms with E-state index in [2.05, 4.69) is 38.1 Å². The van der Waals surface area contributed by atoms with Crippen LogP contribution in [0, 0.1) is 5.92 Å². The van der Waals surface area contributed by atoms with E-state index in [4.69, 9.17) is 10.7 Å². The fourth-order valence-corrected chi connectivity index (χ4v) is 6.16. The predicted molar refractivity (Wildman–Crippen MR) is 136 cm³/mol. The number of piperidine rings is 1. The van der Waals surface area contributed by atoms with E-state index in [9.17, 15) is 9.59 Å². The Bertz CT molecular complexity index is 895. The molecule has 4 rings (SSSR count). The van der Waals surface area contributed by atoms with Gasteiger partial charge in [-0.1, -0.05) is 63.8 Å². The Morgan fingerprint density at radius 2 is 1.71 bits per heavy atom. The number of hydrogen-bond donors (Lipinski definition) is 1. The highest BCUT2D eigenvalue weighted by molar-refractivity contribution is 5.99. The van der Waals surface area contributed by atoms with Crippen LogP contribution >= 0.6 is 0 Å². The van der Waals surface area contributed by atoms with Gasteiger partial charge < -0.3 is 10.6 Å². The SMILES string of the molecule is CCCCC1(CCCC)CC(=O)N(C2CCN(C(=O)C3CCc4ccccc4C3)CC2)C(N)=N1. The molecule has 3 aliphatic rings. The van der Waals surface area contributed by atoms with Crippen LogP contribution in [0.5, 0.6) is 0 Å². The number of nitrogens with two attached hydrogens (primary N) is 1. The van der Waals surface area contributed by atoms with Gasteiger partial charge in [0.2, 0.25) is 11.8 Å². The number of carbonyl (C=O) groups is 2. The zero-order valence-electron chi connectivity index (χ0n) is 21.1. The van der Waals surface area contributed by atoms with Crippen molar-refractivity contribution < 1.29 is 9.59 Å². The van der Waals surface area contributed by atoms with Crippen LogP contribution in [0.1, 0.15) is 89.2 Å². The lowest BCUT2D eigenvalue weighted by Gasteiger charge is -2.44. The summed E-state index contributed by atoms with van der Waals surface area (Å²) in [6.45, 7) is 5.74. The molecule has 0 aromatic heterocycles. The van der Waals surface area contributed by atoms with E-state index in [-0.39, 0.29) is 29.3 Å². The molecule has 0 bridgehead atoms. The van der Waals surface area contributed by atoms with Crippen LogP contribution in [0.2, 0.25) is 0 Å². The maximum absolute atomic E-state index is 13.3. The Morgan fingerprint density at radius 1 is 1.06 bits per heavy atom. The predicted octanol–water partition coefficient (Wildman–Crippen LogP) is 4.45. The summed E-state index contributed by atoms with van der Waals surface area (Å²) in [4.78, 5) is 35.3. The lowest BCUT2D eigenvalue weighted by molar-refractivity contribution is -0.138. The van der Waals surface area contributed by atoms with E-state index in [0.29, 0.717) is 25.5 Å². The molecule has 1 fully saturated rings. The molecule has 2 aliphatic heterocycles.